The lowest BCUT2D eigenvalue weighted by molar-refractivity contribution is 0.676. The third-order valence-corrected chi connectivity index (χ3v) is 14.7. The molecule has 0 spiro atoms. The first-order valence-corrected chi connectivity index (χ1v) is 22.0. The molecule has 29 heteroatoms. The zero-order valence-corrected chi connectivity index (χ0v) is 39.6. The van der Waals surface area contributed by atoms with E-state index in [1.807, 2.05) is 0 Å². The van der Waals surface area contributed by atoms with Crippen LogP contribution in [0.5, 0.6) is 0 Å². The second-order valence-electron chi connectivity index (χ2n) is 18.3. The van der Waals surface area contributed by atoms with Crippen molar-refractivity contribution in [1.82, 2.24) is 0 Å². The van der Waals surface area contributed by atoms with Crippen molar-refractivity contribution >= 4 is 438 Å². The van der Waals surface area contributed by atoms with Crippen LogP contribution in [0, 0.1) is 0 Å². The highest BCUT2D eigenvalue weighted by atomic mass is 16.3. The third-order valence-electron chi connectivity index (χ3n) is 14.7. The van der Waals surface area contributed by atoms with Gasteiger partial charge in [-0.3, -0.25) is 0 Å². The lowest BCUT2D eigenvalue weighted by Crippen LogP contribution is -2.53. The number of hydrogen-bond donors (Lipinski definition) is 0. The summed E-state index contributed by atoms with van der Waals surface area (Å²) >= 11 is 0. The molecule has 0 atom stereocenters. The lowest BCUT2D eigenvalue weighted by Gasteiger charge is -2.33. The largest absolute Gasteiger partial charge is 0.456 e. The van der Waals surface area contributed by atoms with Crippen LogP contribution in [0.3, 0.4) is 0 Å². The van der Waals surface area contributed by atoms with Gasteiger partial charge in [-0.15, -0.1) is 49.2 Å². The Kier molecular flexibility index (Phi) is 13.0. The Morgan fingerprint density at radius 3 is 0.693 bits per heavy atom. The number of benzene rings is 9. The Balaban J connectivity index is 1.44. The quantitative estimate of drug-likeness (QED) is 0.127. The number of hydrogen-bond acceptors (Lipinski definition) is 1. The summed E-state index contributed by atoms with van der Waals surface area (Å²) in [4.78, 5) is 0. The van der Waals surface area contributed by atoms with Crippen LogP contribution in [0.1, 0.15) is 0 Å². The van der Waals surface area contributed by atoms with E-state index in [0.717, 1.165) is 0 Å². The van der Waals surface area contributed by atoms with Crippen LogP contribution in [0.25, 0.3) is 98.4 Å². The maximum Gasteiger partial charge on any atom is 0.141 e. The van der Waals surface area contributed by atoms with Gasteiger partial charge < -0.3 is 4.42 Å². The van der Waals surface area contributed by atoms with E-state index in [0.29, 0.717) is 0 Å². The topological polar surface area (TPSA) is 13.1 Å². The molecule has 1 aromatic heterocycles. The summed E-state index contributed by atoms with van der Waals surface area (Å²) in [5, 5.41) is 0.541. The van der Waals surface area contributed by atoms with Gasteiger partial charge in [0.05, 0.1) is 0 Å². The van der Waals surface area contributed by atoms with Crippen molar-refractivity contribution in [1.29, 1.82) is 0 Å². The van der Waals surface area contributed by atoms with E-state index < -0.39 is 0 Å². The van der Waals surface area contributed by atoms with Crippen molar-refractivity contribution in [2.24, 2.45) is 0 Å². The minimum absolute atomic E-state index is 0.00204. The van der Waals surface area contributed by atoms with E-state index in [4.69, 9.17) is 224 Å². The first kappa shape index (κ1) is 54.0. The molecule has 0 bridgehead atoms. The molecular formula is C46B28O. The first-order valence-electron chi connectivity index (χ1n) is 22.0. The molecule has 0 aliphatic rings. The van der Waals surface area contributed by atoms with Gasteiger partial charge in [-0.25, -0.2) is 0 Å². The van der Waals surface area contributed by atoms with Crippen molar-refractivity contribution in [3.63, 3.8) is 0 Å². The highest BCUT2D eigenvalue weighted by Gasteiger charge is 2.31. The molecule has 0 aliphatic heterocycles. The van der Waals surface area contributed by atoms with Crippen LogP contribution in [-0.4, -0.2) is 220 Å². The molecule has 56 radical (unpaired) electrons. The molecule has 0 N–H and O–H groups in total. The average Bonchev–Trinajstić information content (AvgIpc) is 3.77. The van der Waals surface area contributed by atoms with Gasteiger partial charge in [-0.1, -0.05) is 104 Å². The summed E-state index contributed by atoms with van der Waals surface area (Å²) in [5.41, 5.74) is -4.66. The standard InChI is InChI=1S/C46B28O/c47-17-9(23(53)28(58)13-12(17)30(60)39(69)40(70)31(13)61)1-3-5(20(50)37(67)35(65)18(3)48)2(6-4(1)19(49)36(66)38(68)21(6)51)10-24(54)26(56)11(27(57)25(10)55)7-8-15-33(63)29(59)14-16(34(64)42(72)41(71)32(14)62)45(15)75-46(8)44(74)43(73)22(7)52. The summed E-state index contributed by atoms with van der Waals surface area (Å²) in [6, 6.07) is 0. The molecule has 0 saturated heterocycles. The van der Waals surface area contributed by atoms with Crippen molar-refractivity contribution in [2.75, 3.05) is 0 Å². The van der Waals surface area contributed by atoms with Crippen LogP contribution < -0.4 is 153 Å². The van der Waals surface area contributed by atoms with Gasteiger partial charge in [0.2, 0.25) is 0 Å². The van der Waals surface area contributed by atoms with Gasteiger partial charge in [-0.2, -0.15) is 0 Å². The second-order valence-corrected chi connectivity index (χ2v) is 18.3. The van der Waals surface area contributed by atoms with Crippen LogP contribution in [0.2, 0.25) is 0 Å². The van der Waals surface area contributed by atoms with E-state index >= 15 is 0 Å². The van der Waals surface area contributed by atoms with Gasteiger partial charge in [0, 0.05) is 16.2 Å². The van der Waals surface area contributed by atoms with E-state index in [2.05, 4.69) is 0 Å². The van der Waals surface area contributed by atoms with Gasteiger partial charge in [0.25, 0.3) is 0 Å². The van der Waals surface area contributed by atoms with Crippen molar-refractivity contribution in [3.8, 4) is 33.4 Å². The molecule has 0 saturated carbocycles. The Bertz CT molecular complexity index is 4330. The summed E-state index contributed by atoms with van der Waals surface area (Å²) in [6.07, 6.45) is 0. The molecule has 10 rings (SSSR count). The van der Waals surface area contributed by atoms with E-state index in [1.165, 1.54) is 0 Å². The van der Waals surface area contributed by atoms with Gasteiger partial charge in [0.15, 0.2) is 0 Å². The molecule has 10 aromatic rings. The molecule has 0 amide bonds. The average molecular weight is 871 g/mol. The highest BCUT2D eigenvalue weighted by Crippen LogP contribution is 2.40. The fraction of sp³-hybridized carbons (Fsp3) is 0. The molecule has 75 heavy (non-hydrogen) atoms. The zero-order valence-electron chi connectivity index (χ0n) is 39.6. The predicted molar refractivity (Wildman–Crippen MR) is 351 cm³/mol. The van der Waals surface area contributed by atoms with E-state index in [-0.39, 0.29) is 251 Å². The Hall–Kier alpha value is -4.36. The monoisotopic (exact) mass is 876 g/mol. The Morgan fingerprint density at radius 2 is 0.320 bits per heavy atom. The minimum atomic E-state index is -0.284. The predicted octanol–water partition coefficient (Wildman–Crippen LogP) is -20.6. The van der Waals surface area contributed by atoms with E-state index in [1.54, 1.807) is 0 Å². The molecular weight excluding hydrogens is 871 g/mol. The minimum Gasteiger partial charge on any atom is -0.456 e. The molecule has 274 valence electrons. The molecule has 0 fully saturated rings. The smallest absolute Gasteiger partial charge is 0.141 e. The second kappa shape index (κ2) is 18.1. The summed E-state index contributed by atoms with van der Waals surface area (Å²) in [5.74, 6) is 0. The number of fused-ring (bicyclic) bond motifs is 8. The van der Waals surface area contributed by atoms with Gasteiger partial charge in [0.1, 0.15) is 231 Å². The van der Waals surface area contributed by atoms with Crippen molar-refractivity contribution in [2.45, 2.75) is 0 Å². The zero-order chi connectivity index (χ0) is 55.3. The van der Waals surface area contributed by atoms with Crippen LogP contribution in [0.15, 0.2) is 4.42 Å². The lowest BCUT2D eigenvalue weighted by atomic mass is 9.55. The van der Waals surface area contributed by atoms with Crippen LogP contribution >= 0.6 is 0 Å². The number of furan rings is 1. The van der Waals surface area contributed by atoms with Crippen LogP contribution in [0.4, 0.5) is 0 Å². The van der Waals surface area contributed by atoms with E-state index in [9.17, 15) is 0 Å². The summed E-state index contributed by atoms with van der Waals surface area (Å²) < 4.78 is 6.48. The Morgan fingerprint density at radius 1 is 0.120 bits per heavy atom. The van der Waals surface area contributed by atoms with Crippen LogP contribution in [-0.2, 0) is 0 Å². The summed E-state index contributed by atoms with van der Waals surface area (Å²) in [6.45, 7) is 0. The number of rotatable bonds is 3. The van der Waals surface area contributed by atoms with Gasteiger partial charge >= 0.3 is 0 Å². The third kappa shape index (κ3) is 6.85. The normalized spacial score (nSPS) is 11.9. The molecule has 1 nitrogen and oxygen atoms in total. The van der Waals surface area contributed by atoms with Crippen molar-refractivity contribution < 1.29 is 4.42 Å². The fourth-order valence-electron chi connectivity index (χ4n) is 10.7. The fourth-order valence-corrected chi connectivity index (χ4v) is 10.7. The highest BCUT2D eigenvalue weighted by molar-refractivity contribution is 6.78. The SMILES string of the molecule is [B]c1c([B])c(-c2c([B])c([B])c([B])c3oc4c5c([B])c([B])c([B])c([B])c5c([B])c([B])c4c23)c([B])c([B])c1-c1c2c([B])c([B])c([B])c([B])c2c(-c2c([B])c([B])c3c([B])c([B])c([B])c([B])c3c2[B])c2c([B])c([B])c([B])c([B])c12. The Labute approximate surface area is 472 Å². The van der Waals surface area contributed by atoms with Gasteiger partial charge in [-0.05, 0) is 71.1 Å². The maximum atomic E-state index is 7.26. The molecule has 9 aromatic carbocycles. The molecule has 1 heterocycles. The van der Waals surface area contributed by atoms with Crippen molar-refractivity contribution in [3.05, 3.63) is 0 Å². The summed E-state index contributed by atoms with van der Waals surface area (Å²) in [7, 11) is 190. The molecule has 0 aliphatic carbocycles. The molecule has 0 unspecified atom stereocenters. The first-order chi connectivity index (χ1) is 35.0. The maximum absolute atomic E-state index is 7.26.